The summed E-state index contributed by atoms with van der Waals surface area (Å²) < 4.78 is 0. The largest absolute Gasteiger partial charge is 0.314 e. The van der Waals surface area contributed by atoms with Gasteiger partial charge in [0.05, 0.1) is 0 Å². The molecule has 3 unspecified atom stereocenters. The standard InChI is InChI=1S/C17H26N2/c1-13(12-15-8-5-11-18-15)19-17-10-4-7-14-6-2-3-9-16(14)17/h2-3,6,9,13,15,17-19H,4-5,7-8,10-12H2,1H3. The van der Waals surface area contributed by atoms with Gasteiger partial charge in [-0.2, -0.15) is 0 Å². The summed E-state index contributed by atoms with van der Waals surface area (Å²) in [5.74, 6) is 0. The maximum Gasteiger partial charge on any atom is 0.0325 e. The van der Waals surface area contributed by atoms with Crippen LogP contribution in [0.25, 0.3) is 0 Å². The van der Waals surface area contributed by atoms with Crippen LogP contribution in [-0.2, 0) is 6.42 Å². The molecule has 0 amide bonds. The van der Waals surface area contributed by atoms with E-state index in [-0.39, 0.29) is 0 Å². The Morgan fingerprint density at radius 2 is 2.16 bits per heavy atom. The van der Waals surface area contributed by atoms with Crippen LogP contribution in [0.5, 0.6) is 0 Å². The lowest BCUT2D eigenvalue weighted by atomic mass is 9.87. The predicted molar refractivity (Wildman–Crippen MR) is 80.4 cm³/mol. The second-order valence-corrected chi connectivity index (χ2v) is 6.24. The summed E-state index contributed by atoms with van der Waals surface area (Å²) in [6.45, 7) is 3.56. The molecule has 19 heavy (non-hydrogen) atoms. The van der Waals surface area contributed by atoms with Gasteiger partial charge in [0, 0.05) is 18.1 Å². The molecule has 3 atom stereocenters. The van der Waals surface area contributed by atoms with E-state index < -0.39 is 0 Å². The zero-order chi connectivity index (χ0) is 13.1. The van der Waals surface area contributed by atoms with Gasteiger partial charge in [0.2, 0.25) is 0 Å². The topological polar surface area (TPSA) is 24.1 Å². The number of fused-ring (bicyclic) bond motifs is 1. The lowest BCUT2D eigenvalue weighted by Gasteiger charge is -2.30. The molecular weight excluding hydrogens is 232 g/mol. The highest BCUT2D eigenvalue weighted by molar-refractivity contribution is 5.32. The Labute approximate surface area is 117 Å². The van der Waals surface area contributed by atoms with Crippen molar-refractivity contribution in [1.29, 1.82) is 0 Å². The number of hydrogen-bond donors (Lipinski definition) is 2. The molecule has 3 rings (SSSR count). The molecule has 2 N–H and O–H groups in total. The monoisotopic (exact) mass is 258 g/mol. The fraction of sp³-hybridized carbons (Fsp3) is 0.647. The van der Waals surface area contributed by atoms with Crippen LogP contribution in [-0.4, -0.2) is 18.6 Å². The Morgan fingerprint density at radius 1 is 1.26 bits per heavy atom. The number of benzene rings is 1. The van der Waals surface area contributed by atoms with Crippen LogP contribution in [0, 0.1) is 0 Å². The van der Waals surface area contributed by atoms with Crippen molar-refractivity contribution in [2.45, 2.75) is 63.6 Å². The van der Waals surface area contributed by atoms with Crippen molar-refractivity contribution >= 4 is 0 Å². The highest BCUT2D eigenvalue weighted by atomic mass is 15.0. The first-order valence-electron chi connectivity index (χ1n) is 7.90. The van der Waals surface area contributed by atoms with Crippen LogP contribution in [0.15, 0.2) is 24.3 Å². The Morgan fingerprint density at radius 3 is 3.00 bits per heavy atom. The van der Waals surface area contributed by atoms with Gasteiger partial charge in [-0.25, -0.2) is 0 Å². The van der Waals surface area contributed by atoms with Gasteiger partial charge in [0.1, 0.15) is 0 Å². The molecule has 104 valence electrons. The summed E-state index contributed by atoms with van der Waals surface area (Å²) in [5.41, 5.74) is 3.09. The second-order valence-electron chi connectivity index (χ2n) is 6.24. The highest BCUT2D eigenvalue weighted by Gasteiger charge is 2.23. The van der Waals surface area contributed by atoms with Crippen molar-refractivity contribution < 1.29 is 0 Å². The first-order chi connectivity index (χ1) is 9.33. The van der Waals surface area contributed by atoms with Crippen LogP contribution in [0.1, 0.15) is 56.2 Å². The molecule has 0 spiro atoms. The summed E-state index contributed by atoms with van der Waals surface area (Å²) in [4.78, 5) is 0. The molecule has 2 heteroatoms. The minimum Gasteiger partial charge on any atom is -0.314 e. The van der Waals surface area contributed by atoms with Crippen molar-refractivity contribution in [2.75, 3.05) is 6.54 Å². The molecule has 1 aliphatic carbocycles. The average molecular weight is 258 g/mol. The molecule has 0 radical (unpaired) electrons. The van der Waals surface area contributed by atoms with E-state index in [4.69, 9.17) is 0 Å². The van der Waals surface area contributed by atoms with Gasteiger partial charge >= 0.3 is 0 Å². The lowest BCUT2D eigenvalue weighted by molar-refractivity contribution is 0.368. The van der Waals surface area contributed by atoms with Crippen LogP contribution in [0.3, 0.4) is 0 Å². The maximum atomic E-state index is 3.86. The van der Waals surface area contributed by atoms with Gasteiger partial charge in [0.25, 0.3) is 0 Å². The summed E-state index contributed by atoms with van der Waals surface area (Å²) in [6, 6.07) is 10.9. The molecule has 0 saturated carbocycles. The molecule has 0 aromatic heterocycles. The van der Waals surface area contributed by atoms with Gasteiger partial charge in [-0.1, -0.05) is 24.3 Å². The SMILES string of the molecule is CC(CC1CCCN1)NC1CCCc2ccccc21. The fourth-order valence-electron chi connectivity index (χ4n) is 3.72. The van der Waals surface area contributed by atoms with Gasteiger partial charge in [0.15, 0.2) is 0 Å². The Hall–Kier alpha value is -0.860. The third-order valence-electron chi connectivity index (χ3n) is 4.66. The number of rotatable bonds is 4. The van der Waals surface area contributed by atoms with Crippen LogP contribution in [0.2, 0.25) is 0 Å². The molecule has 1 fully saturated rings. The number of nitrogens with one attached hydrogen (secondary N) is 2. The smallest absolute Gasteiger partial charge is 0.0325 e. The Bertz CT molecular complexity index is 409. The van der Waals surface area contributed by atoms with Gasteiger partial charge in [-0.15, -0.1) is 0 Å². The summed E-state index contributed by atoms with van der Waals surface area (Å²) in [5, 5.41) is 7.47. The Kier molecular flexibility index (Phi) is 4.19. The molecule has 2 aliphatic rings. The van der Waals surface area contributed by atoms with E-state index in [1.807, 2.05) is 0 Å². The predicted octanol–water partition coefficient (Wildman–Crippen LogP) is 3.18. The Balaban J connectivity index is 1.60. The lowest BCUT2D eigenvalue weighted by Crippen LogP contribution is -2.37. The van der Waals surface area contributed by atoms with Crippen LogP contribution in [0.4, 0.5) is 0 Å². The van der Waals surface area contributed by atoms with Crippen molar-refractivity contribution in [3.05, 3.63) is 35.4 Å². The molecule has 1 aromatic carbocycles. The van der Waals surface area contributed by atoms with Crippen LogP contribution < -0.4 is 10.6 Å². The summed E-state index contributed by atoms with van der Waals surface area (Å²) in [6.07, 6.45) is 7.84. The van der Waals surface area contributed by atoms with Gasteiger partial charge in [-0.05, 0) is 63.1 Å². The average Bonchev–Trinajstić information content (AvgIpc) is 2.92. The first kappa shape index (κ1) is 13.1. The number of aryl methyl sites for hydroxylation is 1. The molecule has 1 aromatic rings. The minimum atomic E-state index is 0.571. The van der Waals surface area contributed by atoms with Crippen molar-refractivity contribution in [3.63, 3.8) is 0 Å². The third-order valence-corrected chi connectivity index (χ3v) is 4.66. The van der Waals surface area contributed by atoms with E-state index in [0.29, 0.717) is 12.1 Å². The number of hydrogen-bond acceptors (Lipinski definition) is 2. The molecular formula is C17H26N2. The van der Waals surface area contributed by atoms with E-state index in [1.54, 1.807) is 11.1 Å². The van der Waals surface area contributed by atoms with Crippen molar-refractivity contribution in [2.24, 2.45) is 0 Å². The highest BCUT2D eigenvalue weighted by Crippen LogP contribution is 2.30. The fourth-order valence-corrected chi connectivity index (χ4v) is 3.72. The summed E-state index contributed by atoms with van der Waals surface area (Å²) in [7, 11) is 0. The van der Waals surface area contributed by atoms with Crippen LogP contribution >= 0.6 is 0 Å². The van der Waals surface area contributed by atoms with E-state index in [1.165, 1.54) is 45.1 Å². The zero-order valence-corrected chi connectivity index (χ0v) is 12.0. The maximum absolute atomic E-state index is 3.86. The van der Waals surface area contributed by atoms with E-state index >= 15 is 0 Å². The second kappa shape index (κ2) is 6.06. The molecule has 1 heterocycles. The van der Waals surface area contributed by atoms with E-state index in [9.17, 15) is 0 Å². The van der Waals surface area contributed by atoms with Crippen molar-refractivity contribution in [1.82, 2.24) is 10.6 Å². The molecule has 0 bridgehead atoms. The quantitative estimate of drug-likeness (QED) is 0.866. The molecule has 1 saturated heterocycles. The van der Waals surface area contributed by atoms with Gasteiger partial charge < -0.3 is 10.6 Å². The van der Waals surface area contributed by atoms with Gasteiger partial charge in [-0.3, -0.25) is 0 Å². The molecule has 1 aliphatic heterocycles. The summed E-state index contributed by atoms with van der Waals surface area (Å²) >= 11 is 0. The molecule has 2 nitrogen and oxygen atoms in total. The van der Waals surface area contributed by atoms with E-state index in [2.05, 4.69) is 41.8 Å². The normalized spacial score (nSPS) is 28.1. The third kappa shape index (κ3) is 3.18. The van der Waals surface area contributed by atoms with E-state index in [0.717, 1.165) is 6.04 Å². The zero-order valence-electron chi connectivity index (χ0n) is 12.0. The first-order valence-corrected chi connectivity index (χ1v) is 7.90. The minimum absolute atomic E-state index is 0.571. The van der Waals surface area contributed by atoms with Crippen molar-refractivity contribution in [3.8, 4) is 0 Å².